The lowest BCUT2D eigenvalue weighted by molar-refractivity contribution is -0.166. The van der Waals surface area contributed by atoms with Crippen molar-refractivity contribution in [3.63, 3.8) is 0 Å². The molecule has 12 nitrogen and oxygen atoms in total. The SMILES string of the molecule is O=C1C(=O)c2ccc(C(F)(F)F)cc2/C1=C/C1=Cc2sc3c4c(sc3c2C1(C(=O)OCc1ccccc1)C(=O)OCc1ccccc1)C=C(/C=C1\C(=O)C(=O)c2ccc(C(F)(F)F)cc21)C4(C(=O)OCc1ccccc1)C(=O)OCc1ccccc1. The maximum absolute atomic E-state index is 15.7. The Morgan fingerprint density at radius 1 is 0.395 bits per heavy atom. The highest BCUT2D eigenvalue weighted by molar-refractivity contribution is 7.29. The van der Waals surface area contributed by atoms with Crippen LogP contribution in [0, 0.1) is 0 Å². The van der Waals surface area contributed by atoms with Crippen LogP contribution >= 0.6 is 22.7 Å². The maximum Gasteiger partial charge on any atom is 0.416 e. The van der Waals surface area contributed by atoms with E-state index in [0.29, 0.717) is 46.5 Å². The first-order chi connectivity index (χ1) is 41.2. The lowest BCUT2D eigenvalue weighted by Crippen LogP contribution is -2.46. The Kier molecular flexibility index (Phi) is 14.2. The minimum atomic E-state index is -4.95. The third-order valence-corrected chi connectivity index (χ3v) is 17.5. The van der Waals surface area contributed by atoms with Crippen LogP contribution in [0.5, 0.6) is 0 Å². The number of hydrogen-bond donors (Lipinski definition) is 0. The van der Waals surface area contributed by atoms with Crippen LogP contribution in [0.15, 0.2) is 181 Å². The topological polar surface area (TPSA) is 173 Å². The van der Waals surface area contributed by atoms with Crippen molar-refractivity contribution in [2.24, 2.45) is 0 Å². The number of carbonyl (C=O) groups is 8. The molecule has 20 heteroatoms. The first-order valence-corrected chi connectivity index (χ1v) is 27.8. The highest BCUT2D eigenvalue weighted by Crippen LogP contribution is 2.61. The lowest BCUT2D eigenvalue weighted by atomic mass is 9.75. The van der Waals surface area contributed by atoms with Gasteiger partial charge in [0.1, 0.15) is 26.4 Å². The van der Waals surface area contributed by atoms with Crippen molar-refractivity contribution in [1.29, 1.82) is 0 Å². The van der Waals surface area contributed by atoms with Crippen LogP contribution in [0.25, 0.3) is 32.7 Å². The van der Waals surface area contributed by atoms with Gasteiger partial charge in [-0.05, 0) is 105 Å². The zero-order valence-corrected chi connectivity index (χ0v) is 45.8. The Bertz CT molecular complexity index is 3970. The number of thiophene rings is 2. The van der Waals surface area contributed by atoms with Crippen LogP contribution in [0.3, 0.4) is 0 Å². The Morgan fingerprint density at radius 3 is 0.965 bits per heavy atom. The van der Waals surface area contributed by atoms with Gasteiger partial charge >= 0.3 is 36.2 Å². The van der Waals surface area contributed by atoms with E-state index in [0.717, 1.165) is 47.0 Å². The number of benzene rings is 6. The molecule has 2 heterocycles. The van der Waals surface area contributed by atoms with Crippen LogP contribution < -0.4 is 0 Å². The largest absolute Gasteiger partial charge is 0.459 e. The van der Waals surface area contributed by atoms with Gasteiger partial charge in [0.15, 0.2) is 0 Å². The van der Waals surface area contributed by atoms with Crippen LogP contribution in [0.4, 0.5) is 26.3 Å². The Hall–Kier alpha value is -9.92. The third-order valence-electron chi connectivity index (χ3n) is 15.1. The predicted molar refractivity (Wildman–Crippen MR) is 301 cm³/mol. The Balaban J connectivity index is 1.12. The van der Waals surface area contributed by atoms with Gasteiger partial charge in [0.2, 0.25) is 34.0 Å². The molecule has 0 fully saturated rings. The van der Waals surface area contributed by atoms with E-state index in [4.69, 9.17) is 18.9 Å². The molecule has 0 unspecified atom stereocenters. The normalized spacial score (nSPS) is 16.4. The number of hydrogen-bond acceptors (Lipinski definition) is 14. The van der Waals surface area contributed by atoms with E-state index >= 15 is 19.2 Å². The van der Waals surface area contributed by atoms with Crippen molar-refractivity contribution < 1.29 is 83.6 Å². The molecule has 4 aliphatic carbocycles. The minimum absolute atomic E-state index is 0.00730. The number of halogens is 6. The molecule has 0 N–H and O–H groups in total. The summed E-state index contributed by atoms with van der Waals surface area (Å²) < 4.78 is 110. The summed E-state index contributed by atoms with van der Waals surface area (Å²) in [6.07, 6.45) is -5.41. The Morgan fingerprint density at radius 2 is 0.686 bits per heavy atom. The molecule has 428 valence electrons. The first kappa shape index (κ1) is 56.6. The average Bonchev–Trinajstić information content (AvgIpc) is 1.57. The number of ketones is 4. The summed E-state index contributed by atoms with van der Waals surface area (Å²) in [5.41, 5.74) is -10.4. The van der Waals surface area contributed by atoms with Gasteiger partial charge in [0.05, 0.1) is 20.5 Å². The van der Waals surface area contributed by atoms with Gasteiger partial charge in [-0.2, -0.15) is 26.3 Å². The van der Waals surface area contributed by atoms with E-state index in [1.54, 1.807) is 121 Å². The number of allylic oxidation sites excluding steroid dienone is 4. The van der Waals surface area contributed by atoms with Gasteiger partial charge < -0.3 is 18.9 Å². The fraction of sp³-hybridized carbons (Fsp3) is 0.121. The highest BCUT2D eigenvalue weighted by Gasteiger charge is 2.63. The van der Waals surface area contributed by atoms with E-state index in [1.807, 2.05) is 0 Å². The van der Waals surface area contributed by atoms with E-state index in [2.05, 4.69) is 0 Å². The van der Waals surface area contributed by atoms with Gasteiger partial charge in [-0.3, -0.25) is 38.4 Å². The lowest BCUT2D eigenvalue weighted by Gasteiger charge is -2.29. The van der Waals surface area contributed by atoms with E-state index in [-0.39, 0.29) is 52.6 Å². The summed E-state index contributed by atoms with van der Waals surface area (Å²) in [4.78, 5) is 118. The molecule has 0 atom stereocenters. The van der Waals surface area contributed by atoms with Crippen LogP contribution in [-0.2, 0) is 97.3 Å². The van der Waals surface area contributed by atoms with Crippen LogP contribution in [-0.4, -0.2) is 47.0 Å². The quantitative estimate of drug-likeness (QED) is 0.0252. The predicted octanol–water partition coefficient (Wildman–Crippen LogP) is 12.9. The molecule has 8 aromatic rings. The molecule has 0 amide bonds. The summed E-state index contributed by atoms with van der Waals surface area (Å²) in [6.45, 7) is -1.91. The fourth-order valence-corrected chi connectivity index (χ4v) is 14.0. The summed E-state index contributed by atoms with van der Waals surface area (Å²) in [5, 5.41) is 0. The van der Waals surface area contributed by atoms with Gasteiger partial charge in [0.25, 0.3) is 0 Å². The minimum Gasteiger partial charge on any atom is -0.459 e. The molecule has 0 bridgehead atoms. The average molecular weight is 1200 g/mol. The first-order valence-electron chi connectivity index (χ1n) is 26.1. The molecule has 4 aliphatic rings. The molecule has 0 saturated heterocycles. The van der Waals surface area contributed by atoms with Crippen molar-refractivity contribution >= 4 is 102 Å². The smallest absolute Gasteiger partial charge is 0.416 e. The zero-order chi connectivity index (χ0) is 60.5. The van der Waals surface area contributed by atoms with E-state index in [9.17, 15) is 45.5 Å². The molecule has 0 aliphatic heterocycles. The van der Waals surface area contributed by atoms with Gasteiger partial charge in [-0.1, -0.05) is 121 Å². The summed E-state index contributed by atoms with van der Waals surface area (Å²) in [7, 11) is 0. The van der Waals surface area contributed by atoms with Crippen molar-refractivity contribution in [1.82, 2.24) is 0 Å². The molecule has 0 radical (unpaired) electrons. The summed E-state index contributed by atoms with van der Waals surface area (Å²) in [5.74, 6) is -10.2. The van der Waals surface area contributed by atoms with E-state index < -0.39 is 130 Å². The van der Waals surface area contributed by atoms with Gasteiger partial charge in [-0.25, -0.2) is 0 Å². The second-order valence-corrected chi connectivity index (χ2v) is 22.3. The number of carbonyl (C=O) groups excluding carboxylic acids is 8. The van der Waals surface area contributed by atoms with Crippen LogP contribution in [0.2, 0.25) is 0 Å². The number of alkyl halides is 6. The second kappa shape index (κ2) is 21.6. The van der Waals surface area contributed by atoms with Gasteiger partial charge in [0, 0.05) is 43.2 Å². The molecular weight excluding hydrogens is 1160 g/mol. The summed E-state index contributed by atoms with van der Waals surface area (Å²) in [6, 6.07) is 37.1. The molecule has 0 saturated carbocycles. The molecule has 86 heavy (non-hydrogen) atoms. The van der Waals surface area contributed by atoms with Crippen molar-refractivity contribution in [3.05, 3.63) is 258 Å². The molecule has 2 aromatic heterocycles. The van der Waals surface area contributed by atoms with E-state index in [1.165, 1.54) is 12.2 Å². The number of fused-ring (bicyclic) bond motifs is 7. The summed E-state index contributed by atoms with van der Waals surface area (Å²) >= 11 is 1.59. The monoisotopic (exact) mass is 1200 g/mol. The maximum atomic E-state index is 15.7. The molecular formula is C66H38F6O12S2. The second-order valence-electron chi connectivity index (χ2n) is 20.2. The number of esters is 4. The van der Waals surface area contributed by atoms with Crippen molar-refractivity contribution in [2.45, 2.75) is 49.6 Å². The van der Waals surface area contributed by atoms with Gasteiger partial charge in [-0.15, -0.1) is 22.7 Å². The Labute approximate surface area is 490 Å². The third kappa shape index (κ3) is 9.50. The van der Waals surface area contributed by atoms with Crippen LogP contribution in [0.1, 0.15) is 86.1 Å². The number of rotatable bonds is 14. The van der Waals surface area contributed by atoms with Crippen molar-refractivity contribution in [2.75, 3.05) is 0 Å². The molecule has 12 rings (SSSR count). The molecule has 0 spiro atoms. The molecule has 6 aromatic carbocycles. The standard InChI is InChI=1S/C66H38F6O12S2/c67-65(68,69)39-21-23-43-45(25-39)47(55(75)53(43)73)27-41-29-49-51(63(41,59(77)81-31-35-13-5-1-6-14-35)60(78)82-32-36-15-7-2-8-16-36)57-58(85-49)52-50(86-57)30-42(28-48-46-26-40(66(70,71)72)22-24-44(46)54(74)56(48)76)64(52,61(79)83-33-37-17-9-3-10-18-37)62(80)84-34-38-19-11-4-12-20-38/h1-30H,31-34H2/b47-27-,48-28-. The number of ether oxygens (including phenoxy) is 4. The van der Waals surface area contributed by atoms with Crippen molar-refractivity contribution in [3.8, 4) is 0 Å². The fourth-order valence-electron chi connectivity index (χ4n) is 11.0. The number of Topliss-reactive ketones (excluding diaryl/α,β-unsaturated/α-hetero) is 4. The highest BCUT2D eigenvalue weighted by atomic mass is 32.1. The zero-order valence-electron chi connectivity index (χ0n) is 44.1.